The minimum atomic E-state index is -0.485. The Balaban J connectivity index is 1.90. The fourth-order valence-electron chi connectivity index (χ4n) is 2.51. The van der Waals surface area contributed by atoms with E-state index in [9.17, 15) is 14.4 Å². The third-order valence-electron chi connectivity index (χ3n) is 3.93. The second-order valence-electron chi connectivity index (χ2n) is 5.44. The molecule has 2 heterocycles. The van der Waals surface area contributed by atoms with Crippen molar-refractivity contribution in [3.8, 4) is 0 Å². The average Bonchev–Trinajstić information content (AvgIpc) is 2.97. The predicted octanol–water partition coefficient (Wildman–Crippen LogP) is 0.671. The molecule has 0 aliphatic rings. The molecule has 0 unspecified atom stereocenters. The van der Waals surface area contributed by atoms with Gasteiger partial charge in [0.1, 0.15) is 0 Å². The van der Waals surface area contributed by atoms with Crippen molar-refractivity contribution in [2.45, 2.75) is 26.9 Å². The summed E-state index contributed by atoms with van der Waals surface area (Å²) in [6.45, 7) is 4.22. The van der Waals surface area contributed by atoms with Crippen LogP contribution in [0, 0.1) is 6.92 Å². The first kappa shape index (κ1) is 15.7. The van der Waals surface area contributed by atoms with E-state index < -0.39 is 5.69 Å². The normalized spacial score (nSPS) is 10.9. The largest absolute Gasteiger partial charge is 0.348 e. The van der Waals surface area contributed by atoms with E-state index >= 15 is 0 Å². The van der Waals surface area contributed by atoms with Gasteiger partial charge in [0, 0.05) is 29.9 Å². The minimum absolute atomic E-state index is 0.288. The van der Waals surface area contributed by atoms with Gasteiger partial charge in [-0.1, -0.05) is 0 Å². The number of fused-ring (bicyclic) bond motifs is 1. The van der Waals surface area contributed by atoms with Crippen LogP contribution in [0.5, 0.6) is 0 Å². The molecule has 2 aromatic heterocycles. The van der Waals surface area contributed by atoms with E-state index in [0.717, 1.165) is 15.8 Å². The molecule has 24 heavy (non-hydrogen) atoms. The smallest absolute Gasteiger partial charge is 0.328 e. The van der Waals surface area contributed by atoms with E-state index in [1.807, 2.05) is 6.92 Å². The summed E-state index contributed by atoms with van der Waals surface area (Å²) < 4.78 is 1.11. The lowest BCUT2D eigenvalue weighted by Gasteiger charge is -2.07. The van der Waals surface area contributed by atoms with Gasteiger partial charge in [-0.15, -0.1) is 0 Å². The molecule has 3 rings (SSSR count). The van der Waals surface area contributed by atoms with Gasteiger partial charge in [0.05, 0.1) is 17.1 Å². The monoisotopic (exact) mass is 327 g/mol. The number of nitrogens with one attached hydrogen (secondary N) is 3. The maximum atomic E-state index is 12.3. The van der Waals surface area contributed by atoms with Crippen molar-refractivity contribution in [3.05, 3.63) is 62.1 Å². The highest BCUT2D eigenvalue weighted by Gasteiger charge is 2.11. The number of aromatic nitrogens is 4. The molecule has 0 radical (unpaired) electrons. The number of hydrogen-bond donors (Lipinski definition) is 3. The zero-order valence-corrected chi connectivity index (χ0v) is 13.3. The van der Waals surface area contributed by atoms with Crippen LogP contribution in [-0.4, -0.2) is 25.7 Å². The predicted molar refractivity (Wildman–Crippen MR) is 89.0 cm³/mol. The topological polar surface area (TPSA) is 113 Å². The average molecular weight is 327 g/mol. The summed E-state index contributed by atoms with van der Waals surface area (Å²) in [7, 11) is 0. The van der Waals surface area contributed by atoms with Crippen molar-refractivity contribution in [2.75, 3.05) is 0 Å². The lowest BCUT2D eigenvalue weighted by Crippen LogP contribution is -2.34. The molecule has 0 aliphatic carbocycles. The van der Waals surface area contributed by atoms with E-state index in [4.69, 9.17) is 0 Å². The summed E-state index contributed by atoms with van der Waals surface area (Å²) >= 11 is 0. The zero-order valence-electron chi connectivity index (χ0n) is 13.3. The molecule has 3 N–H and O–H groups in total. The Kier molecular flexibility index (Phi) is 4.03. The highest BCUT2D eigenvalue weighted by molar-refractivity contribution is 5.97. The van der Waals surface area contributed by atoms with Crippen LogP contribution >= 0.6 is 0 Å². The fraction of sp³-hybridized carbons (Fsp3) is 0.250. The third-order valence-corrected chi connectivity index (χ3v) is 3.93. The Hall–Kier alpha value is -3.16. The summed E-state index contributed by atoms with van der Waals surface area (Å²) in [5.41, 5.74) is 1.65. The maximum absolute atomic E-state index is 12.3. The van der Waals surface area contributed by atoms with E-state index in [-0.39, 0.29) is 18.0 Å². The number of aryl methyl sites for hydroxylation is 1. The van der Waals surface area contributed by atoms with E-state index in [1.54, 1.807) is 25.3 Å². The summed E-state index contributed by atoms with van der Waals surface area (Å²) in [5, 5.41) is 9.86. The van der Waals surface area contributed by atoms with E-state index in [1.165, 1.54) is 6.07 Å². The van der Waals surface area contributed by atoms with Crippen molar-refractivity contribution in [1.82, 2.24) is 25.1 Å². The molecular formula is C16H17N5O3. The SMILES string of the molecule is CCn1c(=O)[nH]c2cc(C(=O)NCc3cn[nH]c3C)ccc2c1=O. The number of amides is 1. The van der Waals surface area contributed by atoms with Gasteiger partial charge in [-0.25, -0.2) is 4.79 Å². The molecule has 0 atom stereocenters. The number of carbonyl (C=O) groups excluding carboxylic acids is 1. The number of H-pyrrole nitrogens is 2. The number of benzene rings is 1. The van der Waals surface area contributed by atoms with Crippen LogP contribution in [0.25, 0.3) is 10.9 Å². The van der Waals surface area contributed by atoms with Gasteiger partial charge in [-0.2, -0.15) is 5.10 Å². The van der Waals surface area contributed by atoms with Crippen molar-refractivity contribution >= 4 is 16.8 Å². The van der Waals surface area contributed by atoms with Gasteiger partial charge in [-0.05, 0) is 32.0 Å². The zero-order chi connectivity index (χ0) is 17.3. The van der Waals surface area contributed by atoms with E-state index in [0.29, 0.717) is 23.0 Å². The van der Waals surface area contributed by atoms with Crippen LogP contribution in [0.1, 0.15) is 28.5 Å². The second-order valence-corrected chi connectivity index (χ2v) is 5.44. The first-order chi connectivity index (χ1) is 11.5. The summed E-state index contributed by atoms with van der Waals surface area (Å²) in [6.07, 6.45) is 1.65. The fourth-order valence-corrected chi connectivity index (χ4v) is 2.51. The molecule has 0 fully saturated rings. The molecule has 3 aromatic rings. The molecule has 1 amide bonds. The first-order valence-corrected chi connectivity index (χ1v) is 7.55. The third kappa shape index (κ3) is 2.73. The van der Waals surface area contributed by atoms with Crippen molar-refractivity contribution in [2.24, 2.45) is 0 Å². The first-order valence-electron chi connectivity index (χ1n) is 7.55. The van der Waals surface area contributed by atoms with Gasteiger partial charge >= 0.3 is 5.69 Å². The second kappa shape index (κ2) is 6.15. The molecule has 8 heteroatoms. The van der Waals surface area contributed by atoms with E-state index in [2.05, 4.69) is 20.5 Å². The molecule has 0 saturated carbocycles. The molecule has 0 bridgehead atoms. The van der Waals surface area contributed by atoms with Gasteiger partial charge in [0.25, 0.3) is 11.5 Å². The maximum Gasteiger partial charge on any atom is 0.328 e. The number of aromatic amines is 2. The van der Waals surface area contributed by atoms with Crippen LogP contribution in [0.3, 0.4) is 0 Å². The Morgan fingerprint density at radius 3 is 2.79 bits per heavy atom. The molecule has 0 aliphatic heterocycles. The number of carbonyl (C=O) groups is 1. The quantitative estimate of drug-likeness (QED) is 0.653. The Morgan fingerprint density at radius 2 is 2.12 bits per heavy atom. The lowest BCUT2D eigenvalue weighted by molar-refractivity contribution is 0.0951. The summed E-state index contributed by atoms with van der Waals surface area (Å²) in [6, 6.07) is 4.63. The Bertz CT molecular complexity index is 1030. The summed E-state index contributed by atoms with van der Waals surface area (Å²) in [5.74, 6) is -0.294. The minimum Gasteiger partial charge on any atom is -0.348 e. The van der Waals surface area contributed by atoms with Crippen LogP contribution in [0.15, 0.2) is 34.0 Å². The van der Waals surface area contributed by atoms with Gasteiger partial charge in [-0.3, -0.25) is 19.3 Å². The molecule has 0 spiro atoms. The van der Waals surface area contributed by atoms with Crippen molar-refractivity contribution in [1.29, 1.82) is 0 Å². The highest BCUT2D eigenvalue weighted by Crippen LogP contribution is 2.10. The van der Waals surface area contributed by atoms with Gasteiger partial charge < -0.3 is 10.3 Å². The molecule has 124 valence electrons. The van der Waals surface area contributed by atoms with Crippen LogP contribution < -0.4 is 16.6 Å². The Morgan fingerprint density at radius 1 is 1.33 bits per heavy atom. The molecule has 1 aromatic carbocycles. The molecular weight excluding hydrogens is 310 g/mol. The van der Waals surface area contributed by atoms with Gasteiger partial charge in [0.2, 0.25) is 0 Å². The number of hydrogen-bond acceptors (Lipinski definition) is 4. The lowest BCUT2D eigenvalue weighted by atomic mass is 10.1. The number of rotatable bonds is 4. The number of nitrogens with zero attached hydrogens (tertiary/aromatic N) is 2. The van der Waals surface area contributed by atoms with Gasteiger partial charge in [0.15, 0.2) is 0 Å². The van der Waals surface area contributed by atoms with Crippen LogP contribution in [0.4, 0.5) is 0 Å². The summed E-state index contributed by atoms with van der Waals surface area (Å²) in [4.78, 5) is 39.0. The molecule has 8 nitrogen and oxygen atoms in total. The van der Waals surface area contributed by atoms with Crippen molar-refractivity contribution < 1.29 is 4.79 Å². The van der Waals surface area contributed by atoms with Crippen molar-refractivity contribution in [3.63, 3.8) is 0 Å². The standard InChI is InChI=1S/C16H17N5O3/c1-3-21-15(23)12-5-4-10(6-13(12)19-16(21)24)14(22)17-7-11-8-18-20-9(11)2/h4-6,8H,3,7H2,1-2H3,(H,17,22)(H,18,20)(H,19,24). The van der Waals surface area contributed by atoms with Crippen LogP contribution in [0.2, 0.25) is 0 Å². The Labute approximate surface area is 136 Å². The van der Waals surface area contributed by atoms with Crippen LogP contribution in [-0.2, 0) is 13.1 Å². The highest BCUT2D eigenvalue weighted by atomic mass is 16.2. The molecule has 0 saturated heterocycles.